The quantitative estimate of drug-likeness (QED) is 0.820. The van der Waals surface area contributed by atoms with Gasteiger partial charge in [-0.3, -0.25) is 4.79 Å². The Morgan fingerprint density at radius 3 is 2.35 bits per heavy atom. The van der Waals surface area contributed by atoms with Crippen molar-refractivity contribution in [1.82, 2.24) is 0 Å². The lowest BCUT2D eigenvalue weighted by molar-refractivity contribution is -0.114. The molecule has 26 heavy (non-hydrogen) atoms. The number of carbonyl (C=O) groups is 1. The minimum absolute atomic E-state index is 0.120. The fourth-order valence-electron chi connectivity index (χ4n) is 3.76. The number of methoxy groups -OCH3 is 1. The van der Waals surface area contributed by atoms with Crippen LogP contribution in [0.15, 0.2) is 54.2 Å². The Labute approximate surface area is 154 Å². The van der Waals surface area contributed by atoms with E-state index >= 15 is 0 Å². The molecule has 2 aliphatic carbocycles. The summed E-state index contributed by atoms with van der Waals surface area (Å²) in [6, 6.07) is 14.4. The number of ether oxygens (including phenoxy) is 2. The lowest BCUT2D eigenvalue weighted by Gasteiger charge is -2.23. The first kappa shape index (κ1) is 16.7. The van der Waals surface area contributed by atoms with Gasteiger partial charge in [0.15, 0.2) is 17.3 Å². The van der Waals surface area contributed by atoms with E-state index in [0.717, 1.165) is 42.1 Å². The molecule has 0 bridgehead atoms. The molecule has 4 rings (SSSR count). The second kappa shape index (κ2) is 6.87. The Kier molecular flexibility index (Phi) is 4.41. The van der Waals surface area contributed by atoms with Crippen molar-refractivity contribution in [3.8, 4) is 11.5 Å². The van der Waals surface area contributed by atoms with Crippen LogP contribution in [0.1, 0.15) is 24.0 Å². The first-order valence-electron chi connectivity index (χ1n) is 9.02. The lowest BCUT2D eigenvalue weighted by Crippen LogP contribution is -2.18. The minimum Gasteiger partial charge on any atom is -0.493 e. The summed E-state index contributed by atoms with van der Waals surface area (Å²) in [6.07, 6.45) is 5.07. The summed E-state index contributed by atoms with van der Waals surface area (Å²) in [6.45, 7) is 0. The van der Waals surface area contributed by atoms with Crippen LogP contribution in [0.4, 0.5) is 5.69 Å². The number of hydrogen-bond donors (Lipinski definition) is 0. The normalized spacial score (nSPS) is 16.4. The van der Waals surface area contributed by atoms with Gasteiger partial charge in [0.25, 0.3) is 0 Å². The molecule has 0 aliphatic heterocycles. The average Bonchev–Trinajstić information content (AvgIpc) is 3.26. The Morgan fingerprint density at radius 2 is 1.73 bits per heavy atom. The number of ketones is 1. The predicted molar refractivity (Wildman–Crippen MR) is 102 cm³/mol. The Balaban J connectivity index is 1.56. The second-order valence-corrected chi connectivity index (χ2v) is 6.91. The van der Waals surface area contributed by atoms with E-state index in [0.29, 0.717) is 6.42 Å². The van der Waals surface area contributed by atoms with Crippen LogP contribution in [0.3, 0.4) is 0 Å². The van der Waals surface area contributed by atoms with Crippen molar-refractivity contribution in [2.24, 2.45) is 0 Å². The highest BCUT2D eigenvalue weighted by molar-refractivity contribution is 5.93. The van der Waals surface area contributed by atoms with Gasteiger partial charge in [-0.1, -0.05) is 24.3 Å². The summed E-state index contributed by atoms with van der Waals surface area (Å²) in [5.41, 5.74) is 4.76. The molecule has 0 atom stereocenters. The first-order valence-corrected chi connectivity index (χ1v) is 9.02. The van der Waals surface area contributed by atoms with E-state index in [1.54, 1.807) is 13.2 Å². The van der Waals surface area contributed by atoms with Gasteiger partial charge >= 0.3 is 0 Å². The molecule has 2 aliphatic rings. The number of rotatable bonds is 5. The van der Waals surface area contributed by atoms with Crippen molar-refractivity contribution in [1.29, 1.82) is 0 Å². The topological polar surface area (TPSA) is 38.8 Å². The number of benzene rings is 2. The minimum atomic E-state index is 0.120. The molecule has 4 nitrogen and oxygen atoms in total. The highest BCUT2D eigenvalue weighted by Crippen LogP contribution is 2.36. The molecule has 134 valence electrons. The third-order valence-electron chi connectivity index (χ3n) is 5.23. The Morgan fingerprint density at radius 1 is 1.00 bits per heavy atom. The van der Waals surface area contributed by atoms with Gasteiger partial charge in [0.1, 0.15) is 6.10 Å². The zero-order chi connectivity index (χ0) is 18.1. The second-order valence-electron chi connectivity index (χ2n) is 6.91. The molecule has 2 aromatic rings. The van der Waals surface area contributed by atoms with E-state index in [4.69, 9.17) is 9.47 Å². The summed E-state index contributed by atoms with van der Waals surface area (Å²) in [4.78, 5) is 13.6. The van der Waals surface area contributed by atoms with Crippen LogP contribution in [0.25, 0.3) is 0 Å². The fourth-order valence-corrected chi connectivity index (χ4v) is 3.76. The molecule has 4 heteroatoms. The van der Waals surface area contributed by atoms with Crippen LogP contribution in [0.5, 0.6) is 11.5 Å². The highest BCUT2D eigenvalue weighted by atomic mass is 16.5. The zero-order valence-corrected chi connectivity index (χ0v) is 15.2. The Bertz CT molecular complexity index is 846. The maximum atomic E-state index is 11.5. The fraction of sp³-hybridized carbons (Fsp3) is 0.318. The Hall–Kier alpha value is -2.75. The lowest BCUT2D eigenvalue weighted by atomic mass is 10.1. The third kappa shape index (κ3) is 3.19. The van der Waals surface area contributed by atoms with E-state index in [1.165, 1.54) is 11.1 Å². The van der Waals surface area contributed by atoms with Crippen molar-refractivity contribution in [3.05, 3.63) is 65.4 Å². The van der Waals surface area contributed by atoms with Gasteiger partial charge in [0.2, 0.25) is 0 Å². The molecule has 0 N–H and O–H groups in total. The van der Waals surface area contributed by atoms with Gasteiger partial charge in [0, 0.05) is 49.8 Å². The van der Waals surface area contributed by atoms with Crippen molar-refractivity contribution < 1.29 is 14.3 Å². The van der Waals surface area contributed by atoms with Crippen LogP contribution in [0.2, 0.25) is 0 Å². The molecule has 0 saturated carbocycles. The number of hydrogen-bond acceptors (Lipinski definition) is 4. The number of nitrogens with zero attached hydrogens (tertiary/aromatic N) is 1. The molecule has 0 aromatic heterocycles. The molecule has 2 aromatic carbocycles. The van der Waals surface area contributed by atoms with Crippen LogP contribution < -0.4 is 14.4 Å². The molecule has 0 fully saturated rings. The van der Waals surface area contributed by atoms with Gasteiger partial charge in [-0.25, -0.2) is 0 Å². The number of anilines is 1. The van der Waals surface area contributed by atoms with E-state index in [9.17, 15) is 4.79 Å². The van der Waals surface area contributed by atoms with Crippen molar-refractivity contribution in [2.45, 2.75) is 31.8 Å². The van der Waals surface area contributed by atoms with E-state index in [2.05, 4.69) is 29.2 Å². The summed E-state index contributed by atoms with van der Waals surface area (Å²) in [5, 5.41) is 0. The summed E-state index contributed by atoms with van der Waals surface area (Å²) < 4.78 is 11.8. The van der Waals surface area contributed by atoms with Gasteiger partial charge in [-0.15, -0.1) is 0 Å². The SMILES string of the molecule is COc1ccc(N(C)C2=CC(=O)CC2)cc1OC1Cc2ccccc2C1. The van der Waals surface area contributed by atoms with E-state index in [1.807, 2.05) is 25.2 Å². The standard InChI is InChI=1S/C22H23NO3/c1-23(17-7-9-19(24)13-17)18-8-10-21(25-2)22(14-18)26-20-11-15-5-3-4-6-16(15)12-20/h3-6,8,10,13-14,20H,7,9,11-12H2,1-2H3. The summed E-state index contributed by atoms with van der Waals surface area (Å²) >= 11 is 0. The van der Waals surface area contributed by atoms with E-state index in [-0.39, 0.29) is 11.9 Å². The largest absolute Gasteiger partial charge is 0.493 e. The average molecular weight is 349 g/mol. The zero-order valence-electron chi connectivity index (χ0n) is 15.2. The van der Waals surface area contributed by atoms with E-state index < -0.39 is 0 Å². The predicted octanol–water partition coefficient (Wildman–Crippen LogP) is 3.92. The summed E-state index contributed by atoms with van der Waals surface area (Å²) in [5.74, 6) is 1.68. The molecule has 0 saturated heterocycles. The first-order chi connectivity index (χ1) is 12.6. The van der Waals surface area contributed by atoms with Crippen molar-refractivity contribution in [3.63, 3.8) is 0 Å². The molecule has 0 spiro atoms. The molecular formula is C22H23NO3. The van der Waals surface area contributed by atoms with Gasteiger partial charge < -0.3 is 14.4 Å². The van der Waals surface area contributed by atoms with Gasteiger partial charge in [-0.05, 0) is 29.7 Å². The third-order valence-corrected chi connectivity index (χ3v) is 5.23. The molecular weight excluding hydrogens is 326 g/mol. The summed E-state index contributed by atoms with van der Waals surface area (Å²) in [7, 11) is 3.65. The van der Waals surface area contributed by atoms with Gasteiger partial charge in [-0.2, -0.15) is 0 Å². The van der Waals surface area contributed by atoms with Crippen LogP contribution in [0, 0.1) is 0 Å². The van der Waals surface area contributed by atoms with Crippen LogP contribution >= 0.6 is 0 Å². The number of carbonyl (C=O) groups excluding carboxylic acids is 1. The maximum Gasteiger partial charge on any atom is 0.163 e. The molecule has 0 radical (unpaired) electrons. The van der Waals surface area contributed by atoms with Crippen molar-refractivity contribution >= 4 is 11.5 Å². The molecule has 0 heterocycles. The number of fused-ring (bicyclic) bond motifs is 1. The van der Waals surface area contributed by atoms with Crippen LogP contribution in [-0.2, 0) is 17.6 Å². The van der Waals surface area contributed by atoms with Crippen LogP contribution in [-0.4, -0.2) is 26.0 Å². The maximum absolute atomic E-state index is 11.5. The monoisotopic (exact) mass is 349 g/mol. The smallest absolute Gasteiger partial charge is 0.163 e. The molecule has 0 amide bonds. The van der Waals surface area contributed by atoms with Crippen molar-refractivity contribution in [2.75, 3.05) is 19.1 Å². The molecule has 0 unspecified atom stereocenters. The number of allylic oxidation sites excluding steroid dienone is 2. The highest BCUT2D eigenvalue weighted by Gasteiger charge is 2.24. The van der Waals surface area contributed by atoms with Gasteiger partial charge in [0.05, 0.1) is 7.11 Å².